The summed E-state index contributed by atoms with van der Waals surface area (Å²) in [5.74, 6) is -2.74. The Labute approximate surface area is 225 Å². The highest BCUT2D eigenvalue weighted by molar-refractivity contribution is 5.99. The number of para-hydroxylation sites is 2. The van der Waals surface area contributed by atoms with Gasteiger partial charge in [-0.2, -0.15) is 4.98 Å². The molecule has 216 valence electrons. The second kappa shape index (κ2) is 13.8. The zero-order valence-electron chi connectivity index (χ0n) is 21.2. The Hall–Kier alpha value is -4.08. The molecule has 0 atom stereocenters. The van der Waals surface area contributed by atoms with Crippen LogP contribution in [-0.4, -0.2) is 53.4 Å². The molecule has 7 N–H and O–H groups in total. The van der Waals surface area contributed by atoms with Gasteiger partial charge < -0.3 is 26.5 Å². The van der Waals surface area contributed by atoms with Gasteiger partial charge in [0.15, 0.2) is 5.75 Å². The molecule has 3 aromatic rings. The minimum atomic E-state index is -4.98. The van der Waals surface area contributed by atoms with E-state index in [9.17, 15) is 31.5 Å². The quantitative estimate of drug-likeness (QED) is 0.208. The predicted octanol–water partition coefficient (Wildman–Crippen LogP) is 3.76. The van der Waals surface area contributed by atoms with Crippen molar-refractivity contribution in [1.82, 2.24) is 14.9 Å². The monoisotopic (exact) mass is 569 g/mol. The summed E-state index contributed by atoms with van der Waals surface area (Å²) in [6.45, 7) is 1.89. The van der Waals surface area contributed by atoms with E-state index in [1.54, 1.807) is 0 Å². The summed E-state index contributed by atoms with van der Waals surface area (Å²) in [5.41, 5.74) is 9.44. The molecule has 2 aromatic carbocycles. The zero-order chi connectivity index (χ0) is 29.3. The van der Waals surface area contributed by atoms with E-state index in [-0.39, 0.29) is 34.9 Å². The molecule has 0 spiro atoms. The largest absolute Gasteiger partial charge is 0.573 e. The lowest BCUT2D eigenvalue weighted by Crippen LogP contribution is -2.29. The van der Waals surface area contributed by atoms with Gasteiger partial charge in [-0.05, 0) is 68.8 Å². The lowest BCUT2D eigenvalue weighted by molar-refractivity contribution is -0.274. The number of nitrogens with zero attached hydrogens (tertiary/aromatic N) is 2. The van der Waals surface area contributed by atoms with Crippen molar-refractivity contribution in [3.63, 3.8) is 0 Å². The number of alkyl halides is 3. The lowest BCUT2D eigenvalue weighted by Gasteiger charge is -2.22. The van der Waals surface area contributed by atoms with Crippen molar-refractivity contribution >= 4 is 17.7 Å². The van der Waals surface area contributed by atoms with E-state index >= 15 is 0 Å². The fourth-order valence-corrected chi connectivity index (χ4v) is 3.74. The van der Waals surface area contributed by atoms with Crippen LogP contribution in [0.2, 0.25) is 0 Å². The fraction of sp³-hybridized carbons (Fsp3) is 0.320. The Morgan fingerprint density at radius 1 is 1.02 bits per heavy atom. The molecule has 0 aliphatic rings. The number of benzene rings is 2. The molecule has 0 bridgehead atoms. The van der Waals surface area contributed by atoms with E-state index in [0.717, 1.165) is 24.4 Å². The number of hydrogen-bond donors (Lipinski definition) is 5. The third kappa shape index (κ3) is 8.72. The minimum Gasteiger partial charge on any atom is -0.404 e. The van der Waals surface area contributed by atoms with E-state index in [0.29, 0.717) is 39.0 Å². The third-order valence-electron chi connectivity index (χ3n) is 5.58. The molecule has 0 unspecified atom stereocenters. The topological polar surface area (TPSA) is 151 Å². The number of amides is 2. The van der Waals surface area contributed by atoms with Crippen LogP contribution in [0.3, 0.4) is 0 Å². The number of nitrogens with one attached hydrogen (secondary N) is 3. The van der Waals surface area contributed by atoms with Crippen LogP contribution in [0.15, 0.2) is 47.4 Å². The zero-order valence-corrected chi connectivity index (χ0v) is 21.2. The van der Waals surface area contributed by atoms with Gasteiger partial charge in [0.1, 0.15) is 11.6 Å². The number of rotatable bonds is 12. The normalized spacial score (nSPS) is 11.5. The van der Waals surface area contributed by atoms with Crippen LogP contribution in [0, 0.1) is 11.6 Å². The summed E-state index contributed by atoms with van der Waals surface area (Å²) in [7, 11) is 0. The average molecular weight is 570 g/mol. The Bertz CT molecular complexity index is 1340. The maximum atomic E-state index is 14.9. The SMILES string of the molecule is NCCCN(CCCN)Cc1c(F)cc(-c2c[nH]c(NC(=O)Nc3ccccc3OC(F)(F)F)nc2=O)cc1F. The van der Waals surface area contributed by atoms with Crippen LogP contribution in [0.5, 0.6) is 5.75 Å². The Morgan fingerprint density at radius 2 is 1.65 bits per heavy atom. The van der Waals surface area contributed by atoms with Crippen molar-refractivity contribution in [1.29, 1.82) is 0 Å². The van der Waals surface area contributed by atoms with Crippen LogP contribution in [0.1, 0.15) is 18.4 Å². The van der Waals surface area contributed by atoms with Gasteiger partial charge in [-0.15, -0.1) is 13.2 Å². The van der Waals surface area contributed by atoms with Crippen molar-refractivity contribution in [2.75, 3.05) is 36.8 Å². The van der Waals surface area contributed by atoms with E-state index in [1.807, 2.05) is 4.90 Å². The molecule has 0 aliphatic carbocycles. The van der Waals surface area contributed by atoms with Crippen molar-refractivity contribution in [2.24, 2.45) is 11.5 Å². The Balaban J connectivity index is 1.74. The van der Waals surface area contributed by atoms with Gasteiger partial charge in [-0.25, -0.2) is 13.6 Å². The summed E-state index contributed by atoms with van der Waals surface area (Å²) in [4.78, 5) is 32.9. The predicted molar refractivity (Wildman–Crippen MR) is 139 cm³/mol. The number of halogens is 5. The molecule has 1 heterocycles. The Kier molecular flexibility index (Phi) is 10.5. The molecule has 0 saturated heterocycles. The highest BCUT2D eigenvalue weighted by atomic mass is 19.4. The standard InChI is InChI=1S/C25H28F5N7O3/c26-18-11-15(12-19(27)17(18)14-37(9-3-7-31)10-4-8-32)16-13-33-23(35-22(16)38)36-24(39)34-20-5-1-2-6-21(20)40-25(28,29)30/h1-2,5-6,11-13H,3-4,7-10,14,31-32H2,(H3,33,34,35,36,38,39). The number of carbonyl (C=O) groups is 1. The molecule has 10 nitrogen and oxygen atoms in total. The number of urea groups is 1. The molecule has 0 fully saturated rings. The van der Waals surface area contributed by atoms with Crippen molar-refractivity contribution in [3.05, 3.63) is 70.1 Å². The fourth-order valence-electron chi connectivity index (χ4n) is 3.74. The van der Waals surface area contributed by atoms with Gasteiger partial charge >= 0.3 is 12.4 Å². The Morgan fingerprint density at radius 3 is 2.23 bits per heavy atom. The molecule has 1 aromatic heterocycles. The maximum Gasteiger partial charge on any atom is 0.573 e. The molecule has 15 heteroatoms. The highest BCUT2D eigenvalue weighted by Crippen LogP contribution is 2.30. The van der Waals surface area contributed by atoms with E-state index in [1.165, 1.54) is 18.2 Å². The summed E-state index contributed by atoms with van der Waals surface area (Å²) >= 11 is 0. The van der Waals surface area contributed by atoms with E-state index in [2.05, 4.69) is 25.3 Å². The van der Waals surface area contributed by atoms with Crippen LogP contribution < -0.4 is 32.4 Å². The van der Waals surface area contributed by atoms with Gasteiger partial charge in [-0.3, -0.25) is 15.0 Å². The van der Waals surface area contributed by atoms with Crippen molar-refractivity contribution in [2.45, 2.75) is 25.7 Å². The number of ether oxygens (including phenoxy) is 1. The minimum absolute atomic E-state index is 0.0122. The molecule has 3 rings (SSSR count). The smallest absolute Gasteiger partial charge is 0.404 e. The molecule has 0 saturated carbocycles. The number of anilines is 2. The molecular weight excluding hydrogens is 541 g/mol. The van der Waals surface area contributed by atoms with Gasteiger partial charge in [0.2, 0.25) is 5.95 Å². The second-order valence-corrected chi connectivity index (χ2v) is 8.57. The van der Waals surface area contributed by atoms with Crippen molar-refractivity contribution < 1.29 is 31.5 Å². The highest BCUT2D eigenvalue weighted by Gasteiger charge is 2.32. The van der Waals surface area contributed by atoms with Crippen LogP contribution >= 0.6 is 0 Å². The van der Waals surface area contributed by atoms with Gasteiger partial charge in [0.05, 0.1) is 11.3 Å². The van der Waals surface area contributed by atoms with E-state index in [4.69, 9.17) is 11.5 Å². The number of nitrogens with two attached hydrogens (primary N) is 2. The van der Waals surface area contributed by atoms with Crippen LogP contribution in [-0.2, 0) is 6.54 Å². The average Bonchev–Trinajstić information content (AvgIpc) is 2.87. The molecule has 0 aliphatic heterocycles. The first-order valence-corrected chi connectivity index (χ1v) is 12.1. The number of aromatic nitrogens is 2. The number of H-pyrrole nitrogens is 1. The molecule has 40 heavy (non-hydrogen) atoms. The molecule has 2 amide bonds. The number of carbonyl (C=O) groups excluding carboxylic acids is 1. The summed E-state index contributed by atoms with van der Waals surface area (Å²) < 4.78 is 71.5. The van der Waals surface area contributed by atoms with Gasteiger partial charge in [0.25, 0.3) is 5.56 Å². The van der Waals surface area contributed by atoms with E-state index < -0.39 is 35.3 Å². The summed E-state index contributed by atoms with van der Waals surface area (Å²) in [6.07, 6.45) is -2.62. The first kappa shape index (κ1) is 30.5. The third-order valence-corrected chi connectivity index (χ3v) is 5.58. The molecular formula is C25H28F5N7O3. The van der Waals surface area contributed by atoms with Crippen LogP contribution in [0.25, 0.3) is 11.1 Å². The lowest BCUT2D eigenvalue weighted by atomic mass is 10.0. The summed E-state index contributed by atoms with van der Waals surface area (Å²) in [5, 5.41) is 4.32. The van der Waals surface area contributed by atoms with Crippen LogP contribution in [0.4, 0.5) is 38.4 Å². The number of hydrogen-bond acceptors (Lipinski definition) is 7. The summed E-state index contributed by atoms with van der Waals surface area (Å²) in [6, 6.07) is 5.79. The first-order valence-electron chi connectivity index (χ1n) is 12.1. The maximum absolute atomic E-state index is 14.9. The number of aromatic amines is 1. The molecule has 0 radical (unpaired) electrons. The van der Waals surface area contributed by atoms with Gasteiger partial charge in [-0.1, -0.05) is 12.1 Å². The second-order valence-electron chi connectivity index (χ2n) is 8.57. The first-order chi connectivity index (χ1) is 19.0. The van der Waals surface area contributed by atoms with Crippen molar-refractivity contribution in [3.8, 4) is 16.9 Å². The van der Waals surface area contributed by atoms with Gasteiger partial charge in [0, 0.05) is 18.3 Å².